The molecule has 2 nitrogen and oxygen atoms in total. The molecule has 0 unspecified atom stereocenters. The molecular weight excluding hydrogens is 174 g/mol. The lowest BCUT2D eigenvalue weighted by Gasteiger charge is -2.25. The van der Waals surface area contributed by atoms with E-state index in [-0.39, 0.29) is 5.91 Å². The number of rotatable bonds is 4. The van der Waals surface area contributed by atoms with E-state index < -0.39 is 0 Å². The lowest BCUT2D eigenvalue weighted by molar-refractivity contribution is -0.126. The Labute approximate surface area is 86.3 Å². The molecule has 0 saturated carbocycles. The molecule has 0 aromatic carbocycles. The molecule has 0 aliphatic carbocycles. The van der Waals surface area contributed by atoms with E-state index in [1.54, 1.807) is 6.08 Å². The topological polar surface area (TPSA) is 20.3 Å². The van der Waals surface area contributed by atoms with Crippen molar-refractivity contribution < 1.29 is 4.79 Å². The van der Waals surface area contributed by atoms with Gasteiger partial charge in [-0.25, -0.2) is 0 Å². The van der Waals surface area contributed by atoms with Crippen molar-refractivity contribution in [3.8, 4) is 0 Å². The molecule has 1 aliphatic rings. The van der Waals surface area contributed by atoms with Gasteiger partial charge in [-0.1, -0.05) is 12.2 Å². The number of likely N-dealkylation sites (tertiary alicyclic amines) is 1. The predicted octanol–water partition coefficient (Wildman–Crippen LogP) is 2.52. The van der Waals surface area contributed by atoms with Gasteiger partial charge in [0, 0.05) is 13.1 Å². The van der Waals surface area contributed by atoms with Gasteiger partial charge >= 0.3 is 0 Å². The van der Waals surface area contributed by atoms with Crippen molar-refractivity contribution in [1.82, 2.24) is 4.90 Å². The van der Waals surface area contributed by atoms with Crippen LogP contribution in [0.15, 0.2) is 24.8 Å². The monoisotopic (exact) mass is 193 g/mol. The van der Waals surface area contributed by atoms with Crippen molar-refractivity contribution in [1.29, 1.82) is 0 Å². The highest BCUT2D eigenvalue weighted by atomic mass is 16.2. The number of carbonyl (C=O) groups excluding carboxylic acids is 1. The van der Waals surface area contributed by atoms with Crippen LogP contribution in [-0.4, -0.2) is 23.9 Å². The average molecular weight is 193 g/mol. The quantitative estimate of drug-likeness (QED) is 0.381. The van der Waals surface area contributed by atoms with Gasteiger partial charge in [0.05, 0.1) is 0 Å². The summed E-state index contributed by atoms with van der Waals surface area (Å²) in [5.41, 5.74) is 0. The van der Waals surface area contributed by atoms with Gasteiger partial charge < -0.3 is 4.90 Å². The zero-order chi connectivity index (χ0) is 10.2. The number of nitrogens with zero attached hydrogens (tertiary/aromatic N) is 1. The molecule has 0 aromatic heterocycles. The van der Waals surface area contributed by atoms with Gasteiger partial charge in [0.2, 0.25) is 5.91 Å². The first kappa shape index (κ1) is 11.0. The van der Waals surface area contributed by atoms with E-state index in [0.717, 1.165) is 38.8 Å². The van der Waals surface area contributed by atoms with E-state index in [1.807, 2.05) is 17.1 Å². The standard InChI is InChI=1S/C12H19NO/c1-2-3-4-6-9-12(14)13-10-7-5-8-11-13/h2,6,9H,1,3-5,7-8,10-11H2. The summed E-state index contributed by atoms with van der Waals surface area (Å²) in [6.07, 6.45) is 11.0. The Morgan fingerprint density at radius 2 is 1.93 bits per heavy atom. The first-order valence-corrected chi connectivity index (χ1v) is 5.41. The average Bonchev–Trinajstić information content (AvgIpc) is 2.25. The fraction of sp³-hybridized carbons (Fsp3) is 0.583. The van der Waals surface area contributed by atoms with Crippen LogP contribution in [0.25, 0.3) is 0 Å². The summed E-state index contributed by atoms with van der Waals surface area (Å²) in [6, 6.07) is 0. The second kappa shape index (κ2) is 6.41. The summed E-state index contributed by atoms with van der Waals surface area (Å²) < 4.78 is 0. The third-order valence-electron chi connectivity index (χ3n) is 2.47. The third kappa shape index (κ3) is 3.77. The Hall–Kier alpha value is -1.05. The van der Waals surface area contributed by atoms with Gasteiger partial charge in [-0.15, -0.1) is 6.58 Å². The number of piperidine rings is 1. The van der Waals surface area contributed by atoms with Crippen LogP contribution in [0.3, 0.4) is 0 Å². The number of unbranched alkanes of at least 4 members (excludes halogenated alkanes) is 1. The van der Waals surface area contributed by atoms with Crippen LogP contribution < -0.4 is 0 Å². The molecule has 0 spiro atoms. The molecule has 1 amide bonds. The molecule has 78 valence electrons. The Kier molecular flexibility index (Phi) is 5.05. The number of hydrogen-bond acceptors (Lipinski definition) is 1. The van der Waals surface area contributed by atoms with E-state index >= 15 is 0 Å². The zero-order valence-corrected chi connectivity index (χ0v) is 8.74. The molecule has 1 fully saturated rings. The highest BCUT2D eigenvalue weighted by Gasteiger charge is 2.13. The lowest BCUT2D eigenvalue weighted by atomic mass is 10.1. The van der Waals surface area contributed by atoms with Gasteiger partial charge in [0.15, 0.2) is 0 Å². The maximum atomic E-state index is 11.6. The van der Waals surface area contributed by atoms with Gasteiger partial charge in [0.1, 0.15) is 0 Å². The van der Waals surface area contributed by atoms with Crippen molar-refractivity contribution in [3.63, 3.8) is 0 Å². The molecule has 14 heavy (non-hydrogen) atoms. The van der Waals surface area contributed by atoms with Gasteiger partial charge in [-0.05, 0) is 38.2 Å². The van der Waals surface area contributed by atoms with Crippen molar-refractivity contribution >= 4 is 5.91 Å². The smallest absolute Gasteiger partial charge is 0.246 e. The highest BCUT2D eigenvalue weighted by molar-refractivity contribution is 5.87. The lowest BCUT2D eigenvalue weighted by Crippen LogP contribution is -2.34. The van der Waals surface area contributed by atoms with Crippen LogP contribution in [-0.2, 0) is 4.79 Å². The van der Waals surface area contributed by atoms with Crippen molar-refractivity contribution in [3.05, 3.63) is 24.8 Å². The minimum Gasteiger partial charge on any atom is -0.339 e. The second-order valence-corrected chi connectivity index (χ2v) is 3.65. The van der Waals surface area contributed by atoms with Crippen LogP contribution in [0.4, 0.5) is 0 Å². The Balaban J connectivity index is 2.25. The zero-order valence-electron chi connectivity index (χ0n) is 8.74. The SMILES string of the molecule is C=CCCC=CC(=O)N1CCCCC1. The van der Waals surface area contributed by atoms with Crippen LogP contribution in [0, 0.1) is 0 Å². The maximum Gasteiger partial charge on any atom is 0.246 e. The van der Waals surface area contributed by atoms with E-state index in [4.69, 9.17) is 0 Å². The third-order valence-corrected chi connectivity index (χ3v) is 2.47. The minimum absolute atomic E-state index is 0.175. The molecule has 0 atom stereocenters. The molecule has 0 N–H and O–H groups in total. The van der Waals surface area contributed by atoms with Gasteiger partial charge in [-0.3, -0.25) is 4.79 Å². The predicted molar refractivity (Wildman–Crippen MR) is 59.0 cm³/mol. The summed E-state index contributed by atoms with van der Waals surface area (Å²) in [6.45, 7) is 5.51. The van der Waals surface area contributed by atoms with Gasteiger partial charge in [-0.2, -0.15) is 0 Å². The van der Waals surface area contributed by atoms with E-state index in [9.17, 15) is 4.79 Å². The summed E-state index contributed by atoms with van der Waals surface area (Å²) in [7, 11) is 0. The van der Waals surface area contributed by atoms with Crippen LogP contribution in [0.1, 0.15) is 32.1 Å². The van der Waals surface area contributed by atoms with Crippen LogP contribution in [0.2, 0.25) is 0 Å². The number of amides is 1. The molecule has 1 aliphatic heterocycles. The normalized spacial score (nSPS) is 17.3. The molecule has 1 heterocycles. The fourth-order valence-corrected chi connectivity index (χ4v) is 1.62. The fourth-order valence-electron chi connectivity index (χ4n) is 1.62. The van der Waals surface area contributed by atoms with Gasteiger partial charge in [0.25, 0.3) is 0 Å². The van der Waals surface area contributed by atoms with Crippen molar-refractivity contribution in [2.45, 2.75) is 32.1 Å². The first-order chi connectivity index (χ1) is 6.84. The Morgan fingerprint density at radius 3 is 2.57 bits per heavy atom. The summed E-state index contributed by atoms with van der Waals surface area (Å²) in [5, 5.41) is 0. The van der Waals surface area contributed by atoms with Crippen molar-refractivity contribution in [2.24, 2.45) is 0 Å². The van der Waals surface area contributed by atoms with Crippen LogP contribution >= 0.6 is 0 Å². The number of hydrogen-bond donors (Lipinski definition) is 0. The van der Waals surface area contributed by atoms with Crippen LogP contribution in [0.5, 0.6) is 0 Å². The van der Waals surface area contributed by atoms with Crippen molar-refractivity contribution in [2.75, 3.05) is 13.1 Å². The molecule has 0 bridgehead atoms. The molecule has 1 saturated heterocycles. The highest BCUT2D eigenvalue weighted by Crippen LogP contribution is 2.09. The Morgan fingerprint density at radius 1 is 1.21 bits per heavy atom. The molecule has 0 aromatic rings. The molecular formula is C12H19NO. The maximum absolute atomic E-state index is 11.6. The second-order valence-electron chi connectivity index (χ2n) is 3.65. The number of carbonyl (C=O) groups is 1. The molecule has 0 radical (unpaired) electrons. The summed E-state index contributed by atoms with van der Waals surface area (Å²) in [5.74, 6) is 0.175. The van der Waals surface area contributed by atoms with E-state index in [1.165, 1.54) is 6.42 Å². The van der Waals surface area contributed by atoms with E-state index in [2.05, 4.69) is 6.58 Å². The minimum atomic E-state index is 0.175. The summed E-state index contributed by atoms with van der Waals surface area (Å²) in [4.78, 5) is 13.5. The number of allylic oxidation sites excluding steroid dienone is 2. The summed E-state index contributed by atoms with van der Waals surface area (Å²) >= 11 is 0. The largest absolute Gasteiger partial charge is 0.339 e. The first-order valence-electron chi connectivity index (χ1n) is 5.41. The molecule has 1 rings (SSSR count). The Bertz CT molecular complexity index is 214. The van der Waals surface area contributed by atoms with E-state index in [0.29, 0.717) is 0 Å². The molecule has 2 heteroatoms.